The maximum Gasteiger partial charge on any atom is 0.347 e. The minimum absolute atomic E-state index is 0. The number of hydrogen-bond donors (Lipinski definition) is 10. The molecule has 0 saturated carbocycles. The number of imidazole rings is 4. The summed E-state index contributed by atoms with van der Waals surface area (Å²) in [6, 6.07) is 59.9. The summed E-state index contributed by atoms with van der Waals surface area (Å²) in [4.78, 5) is 125. The number of fused-ring (bicyclic) bond motifs is 4. The molecule has 39 heteroatoms. The molecule has 0 aliphatic rings. The lowest BCUT2D eigenvalue weighted by Gasteiger charge is -2.12. The molecule has 0 unspecified atom stereocenters. The molecule has 11 N–H and O–H groups in total. The van der Waals surface area contributed by atoms with Crippen molar-refractivity contribution in [1.82, 2.24) is 60.1 Å². The molecule has 6 amide bonds. The number of nitrogen functional groups attached to an aromatic ring is 1. The summed E-state index contributed by atoms with van der Waals surface area (Å²) in [5.74, 6) is -1.25. The topological polar surface area (TPSA) is 448 Å². The Labute approximate surface area is 748 Å². The van der Waals surface area contributed by atoms with Crippen LogP contribution >= 0.6 is 81.7 Å². The number of nitrogens with zero attached hydrogens (tertiary/aromatic N) is 13. The van der Waals surface area contributed by atoms with Crippen LogP contribution in [0.1, 0.15) is 87.9 Å². The minimum atomic E-state index is -0.910. The zero-order chi connectivity index (χ0) is 88.6. The third kappa shape index (κ3) is 23.2. The molecule has 0 aliphatic heterocycles. The number of aromatic nitrogens is 13. The van der Waals surface area contributed by atoms with Gasteiger partial charge in [-0.3, -0.25) is 77.9 Å². The number of aliphatic hydroxyl groups is 2. The van der Waals surface area contributed by atoms with Gasteiger partial charge in [-0.2, -0.15) is 0 Å². The van der Waals surface area contributed by atoms with Gasteiger partial charge in [0.25, 0.3) is 23.6 Å². The average Bonchev–Trinajstić information content (AvgIpc) is 1.64. The predicted molar refractivity (Wildman–Crippen MR) is 495 cm³/mol. The number of anilines is 7. The molecule has 126 heavy (non-hydrogen) atoms. The number of aryl methyl sites for hydroxylation is 2. The highest BCUT2D eigenvalue weighted by Crippen LogP contribution is 2.33. The van der Waals surface area contributed by atoms with Crippen molar-refractivity contribution >= 4 is 220 Å². The zero-order valence-corrected chi connectivity index (χ0v) is 71.9. The fourth-order valence-electron chi connectivity index (χ4n) is 11.9. The molecule has 0 fully saturated rings. The number of rotatable bonds is 22. The summed E-state index contributed by atoms with van der Waals surface area (Å²) in [6.07, 6.45) is 12.9. The Kier molecular flexibility index (Phi) is 31.7. The summed E-state index contributed by atoms with van der Waals surface area (Å²) >= 11 is 10.1. The van der Waals surface area contributed by atoms with Crippen molar-refractivity contribution in [2.45, 2.75) is 33.5 Å². The van der Waals surface area contributed by atoms with Gasteiger partial charge in [0.15, 0.2) is 0 Å². The first-order valence-electron chi connectivity index (χ1n) is 37.1. The van der Waals surface area contributed by atoms with Crippen LogP contribution in [0.5, 0.6) is 0 Å². The van der Waals surface area contributed by atoms with Gasteiger partial charge < -0.3 is 31.7 Å². The number of halogens is 2. The van der Waals surface area contributed by atoms with E-state index in [-0.39, 0.29) is 71.9 Å². The summed E-state index contributed by atoms with van der Waals surface area (Å²) < 4.78 is 26.8. The van der Waals surface area contributed by atoms with Gasteiger partial charge in [0.1, 0.15) is 30.7 Å². The predicted octanol–water partition coefficient (Wildman–Crippen LogP) is 16.6. The van der Waals surface area contributed by atoms with Crippen molar-refractivity contribution in [3.05, 3.63) is 321 Å². The van der Waals surface area contributed by atoms with Crippen LogP contribution < -0.4 is 37.6 Å². The SMILES string of the molecule is C=CC(=O)Cl.C=CC(=O)Nc1cccc(-n2c(NC(=O)c3ccns3)nc3cc(C=O)ccc32)c1.C=CC(=O)Nc1cccc(-n2c(NC(=O)c3ccns3)nc3cc(CO)ccc32)c1.CCc1ccc2c(c1)nc(NC(=O)c1ccns1)n2-c1cccc(C)c1.Cl.Nc1cccc(-n2c(NC(=O)c3ccns3)nc3cc(CO)ccc32)c1.O=C(O)c1ccns1. The highest BCUT2D eigenvalue weighted by Gasteiger charge is 2.24. The maximum absolute atomic E-state index is 12.6. The van der Waals surface area contributed by atoms with E-state index < -0.39 is 11.2 Å². The lowest BCUT2D eigenvalue weighted by Crippen LogP contribution is -2.14. The summed E-state index contributed by atoms with van der Waals surface area (Å²) in [7, 11) is 0. The molecule has 0 radical (unpaired) electrons. The minimum Gasteiger partial charge on any atom is -0.477 e. The molecule has 8 aromatic carbocycles. The number of nitrogens with one attached hydrogen (secondary N) is 6. The number of aldehydes is 1. The molecule has 17 aromatic rings. The molecule has 636 valence electrons. The largest absolute Gasteiger partial charge is 0.477 e. The van der Waals surface area contributed by atoms with Gasteiger partial charge in [-0.15, -0.1) is 12.4 Å². The van der Waals surface area contributed by atoms with E-state index in [9.17, 15) is 53.4 Å². The first kappa shape index (κ1) is 91.7. The van der Waals surface area contributed by atoms with E-state index in [4.69, 9.17) is 27.4 Å². The van der Waals surface area contributed by atoms with Crippen molar-refractivity contribution in [2.24, 2.45) is 0 Å². The number of nitrogens with two attached hydrogens (primary N) is 1. The van der Waals surface area contributed by atoms with Gasteiger partial charge in [0, 0.05) is 59.3 Å². The summed E-state index contributed by atoms with van der Waals surface area (Å²) in [6.45, 7) is 14.0. The monoisotopic (exact) mass is 1820 g/mol. The molecule has 0 bridgehead atoms. The van der Waals surface area contributed by atoms with E-state index >= 15 is 0 Å². The average molecular weight is 1820 g/mol. The molecule has 0 aliphatic carbocycles. The lowest BCUT2D eigenvalue weighted by atomic mass is 10.1. The number of allylic oxidation sites excluding steroid dienone is 1. The highest BCUT2D eigenvalue weighted by atomic mass is 35.5. The number of carbonyl (C=O) groups excluding carboxylic acids is 8. The van der Waals surface area contributed by atoms with Crippen LogP contribution in [0.4, 0.5) is 40.9 Å². The van der Waals surface area contributed by atoms with Crippen LogP contribution in [0, 0.1) is 6.92 Å². The van der Waals surface area contributed by atoms with Crippen LogP contribution in [0.2, 0.25) is 0 Å². The van der Waals surface area contributed by atoms with E-state index in [1.165, 1.54) is 41.5 Å². The van der Waals surface area contributed by atoms with E-state index in [1.807, 2.05) is 82.8 Å². The number of hydrogen-bond acceptors (Lipinski definition) is 26. The Hall–Kier alpha value is -15.1. The van der Waals surface area contributed by atoms with Crippen LogP contribution in [-0.2, 0) is 34.0 Å². The second-order valence-corrected chi connectivity index (χ2v) is 30.6. The quantitative estimate of drug-likeness (QED) is 0.0130. The van der Waals surface area contributed by atoms with Crippen LogP contribution in [0.3, 0.4) is 0 Å². The Bertz CT molecular complexity index is 6640. The van der Waals surface area contributed by atoms with Gasteiger partial charge in [-0.1, -0.05) is 75.2 Å². The number of aromatic carboxylic acids is 1. The van der Waals surface area contributed by atoms with E-state index in [1.54, 1.807) is 137 Å². The number of carbonyl (C=O) groups is 9. The molecule has 32 nitrogen and oxygen atoms in total. The fraction of sp³-hybridized carbons (Fsp3) is 0.0575. The molecule has 9 aromatic heterocycles. The van der Waals surface area contributed by atoms with E-state index in [2.05, 4.69) is 120 Å². The van der Waals surface area contributed by atoms with Crippen molar-refractivity contribution < 1.29 is 58.5 Å². The van der Waals surface area contributed by atoms with Crippen molar-refractivity contribution in [3.63, 3.8) is 0 Å². The van der Waals surface area contributed by atoms with Crippen molar-refractivity contribution in [3.8, 4) is 22.7 Å². The number of amides is 6. The smallest absolute Gasteiger partial charge is 0.347 e. The standard InChI is InChI=1S/C21H17N5O3S.C21H15N5O3S.C20H18N4OS.C18H15N5O2S.C4H3NO2S.C3H3ClO.ClH/c2*1-2-19(28)23-14-4-3-5-15(11-14)26-17-7-6-13(12-27)10-16(17)24-21(26)25-20(29)18-8-9-22-30-18;1-3-14-7-8-17-16(12-14)22-20(23-19(25)18-9-10-21-26-18)24(17)15-6-4-5-13(2)11-15;19-12-2-1-3-13(9-12)23-15-5-4-11(10-24)8-14(15)21-18(23)22-17(25)16-6-7-20-26-16;6-4(7)3-1-2-5-8-3;1-2-3(4)5;/h2-11,27H,1,12H2,(H,23,28)(H,24,25,29);2-12H,1H2,(H,23,28)(H,24,25,29);4-12H,3H2,1-2H3,(H,22,23,25);1-9,24H,10,19H2,(H,21,22,25);1-2H,(H,6,7);2H,1H2;1H. The number of benzene rings is 8. The molecule has 0 saturated heterocycles. The Morgan fingerprint density at radius 1 is 0.413 bits per heavy atom. The first-order chi connectivity index (χ1) is 60.5. The Morgan fingerprint density at radius 3 is 1.05 bits per heavy atom. The van der Waals surface area contributed by atoms with E-state index in [0.717, 1.165) is 109 Å². The molecule has 9 heterocycles. The second kappa shape index (κ2) is 43.6. The van der Waals surface area contributed by atoms with Gasteiger partial charge in [0.2, 0.25) is 40.9 Å². The molecule has 0 spiro atoms. The number of carboxylic acid groups (broad SMARTS) is 1. The molecular weight excluding hydrogens is 1750 g/mol. The van der Waals surface area contributed by atoms with Crippen molar-refractivity contribution in [2.75, 3.05) is 37.6 Å². The number of aliphatic hydroxyl groups excluding tert-OH is 2. The highest BCUT2D eigenvalue weighted by molar-refractivity contribution is 7.09. The fourth-order valence-corrected chi connectivity index (χ4v) is 14.3. The third-order valence-electron chi connectivity index (χ3n) is 17.6. The van der Waals surface area contributed by atoms with Crippen LogP contribution in [0.25, 0.3) is 66.9 Å². The van der Waals surface area contributed by atoms with E-state index in [0.29, 0.717) is 99.0 Å². The van der Waals surface area contributed by atoms with Gasteiger partial charge in [0.05, 0.1) is 74.4 Å². The van der Waals surface area contributed by atoms with Crippen LogP contribution in [-0.4, -0.2) is 128 Å². The summed E-state index contributed by atoms with van der Waals surface area (Å²) in [5, 5.41) is 43.4. The lowest BCUT2D eigenvalue weighted by molar-refractivity contribution is -0.112. The molecule has 0 atom stereocenters. The van der Waals surface area contributed by atoms with Crippen molar-refractivity contribution in [1.29, 1.82) is 0 Å². The number of carboxylic acids is 1. The van der Waals surface area contributed by atoms with Gasteiger partial charge >= 0.3 is 5.97 Å². The van der Waals surface area contributed by atoms with Gasteiger partial charge in [-0.25, -0.2) is 46.6 Å². The normalized spacial score (nSPS) is 10.4. The molecule has 17 rings (SSSR count). The van der Waals surface area contributed by atoms with Crippen LogP contribution in [0.15, 0.2) is 269 Å². The Balaban J connectivity index is 0.000000155. The maximum atomic E-state index is 12.6. The Morgan fingerprint density at radius 2 is 0.738 bits per heavy atom. The zero-order valence-electron chi connectivity index (χ0n) is 66.2. The second-order valence-electron chi connectivity index (χ2n) is 26.0. The third-order valence-corrected chi connectivity index (χ3v) is 21.5. The summed E-state index contributed by atoms with van der Waals surface area (Å²) in [5.41, 5.74) is 20.9. The molecular formula is C87H72Cl2N20O12S5. The first-order valence-corrected chi connectivity index (χ1v) is 41.4. The van der Waals surface area contributed by atoms with Gasteiger partial charge in [-0.05, 0) is 275 Å².